The summed E-state index contributed by atoms with van der Waals surface area (Å²) < 4.78 is 1.96. The van der Waals surface area contributed by atoms with Gasteiger partial charge in [-0.2, -0.15) is 0 Å². The molecule has 10 nitrogen and oxygen atoms in total. The Balaban J connectivity index is 1.50. The Morgan fingerprint density at radius 3 is 2.58 bits per heavy atom. The zero-order valence-electron chi connectivity index (χ0n) is 18.3. The highest BCUT2D eigenvalue weighted by atomic mass is 32.1. The summed E-state index contributed by atoms with van der Waals surface area (Å²) >= 11 is 1.08. The van der Waals surface area contributed by atoms with Gasteiger partial charge in [0.1, 0.15) is 27.3 Å². The molecule has 0 atom stereocenters. The van der Waals surface area contributed by atoms with Gasteiger partial charge in [-0.25, -0.2) is 19.7 Å². The highest BCUT2D eigenvalue weighted by Gasteiger charge is 2.43. The van der Waals surface area contributed by atoms with E-state index in [1.807, 2.05) is 17.6 Å². The molecule has 11 heteroatoms. The van der Waals surface area contributed by atoms with Crippen molar-refractivity contribution < 1.29 is 14.7 Å². The minimum atomic E-state index is -1.01. The van der Waals surface area contributed by atoms with Gasteiger partial charge >= 0.3 is 5.97 Å². The number of pyridine rings is 1. The fourth-order valence-electron chi connectivity index (χ4n) is 4.48. The maximum Gasteiger partial charge on any atom is 0.347 e. The number of aromatic amines is 1. The minimum Gasteiger partial charge on any atom is -0.477 e. The maximum atomic E-state index is 13.6. The number of hydrogen-bond acceptors (Lipinski definition) is 7. The minimum absolute atomic E-state index is 0.0736. The van der Waals surface area contributed by atoms with Gasteiger partial charge in [0.15, 0.2) is 10.9 Å². The van der Waals surface area contributed by atoms with Crippen LogP contribution < -0.4 is 4.90 Å². The molecule has 33 heavy (non-hydrogen) atoms. The number of carbonyl (C=O) groups is 2. The fraction of sp³-hybridized carbons (Fsp3) is 0.409. The predicted octanol–water partition coefficient (Wildman–Crippen LogP) is 3.62. The normalized spacial score (nSPS) is 15.9. The molecule has 0 radical (unpaired) electrons. The summed E-state index contributed by atoms with van der Waals surface area (Å²) in [7, 11) is 1.80. The molecule has 2 saturated carbocycles. The monoisotopic (exact) mass is 465 g/mol. The number of carboxylic acid groups (broad SMARTS) is 1. The number of thiazole rings is 1. The number of nitrogens with one attached hydrogen (secondary N) is 1. The van der Waals surface area contributed by atoms with Gasteiger partial charge in [0.05, 0.1) is 12.5 Å². The van der Waals surface area contributed by atoms with Crippen LogP contribution in [-0.2, 0) is 6.54 Å². The molecular weight excluding hydrogens is 442 g/mol. The average molecular weight is 466 g/mol. The standard InChI is InChI=1S/C22H23N7O3S/c1-3-28-14(20(30)29(11-4-5-11)12-6-7-12)8-13-16-17(25-10-24-16)19(26-18(13)28)27(2)22-23-9-15(33-22)21(31)32/h8-12H,3-7H2,1-2H3,(H,24,25)(H,31,32). The Labute approximate surface area is 192 Å². The number of fused-ring (bicyclic) bond motifs is 3. The van der Waals surface area contributed by atoms with Crippen LogP contribution >= 0.6 is 11.3 Å². The van der Waals surface area contributed by atoms with Crippen molar-refractivity contribution in [1.82, 2.24) is 29.4 Å². The first-order chi connectivity index (χ1) is 16.0. The molecular formula is C22H23N7O3S. The number of aromatic nitrogens is 5. The van der Waals surface area contributed by atoms with Crippen molar-refractivity contribution in [2.75, 3.05) is 11.9 Å². The van der Waals surface area contributed by atoms with Gasteiger partial charge in [-0.15, -0.1) is 0 Å². The Hall–Kier alpha value is -3.47. The number of hydrogen-bond donors (Lipinski definition) is 2. The summed E-state index contributed by atoms with van der Waals surface area (Å²) in [5.41, 5.74) is 2.77. The molecule has 4 heterocycles. The Morgan fingerprint density at radius 1 is 1.24 bits per heavy atom. The summed E-state index contributed by atoms with van der Waals surface area (Å²) in [5, 5.41) is 10.6. The first-order valence-corrected chi connectivity index (χ1v) is 11.9. The molecule has 2 fully saturated rings. The lowest BCUT2D eigenvalue weighted by Crippen LogP contribution is -2.36. The highest BCUT2D eigenvalue weighted by molar-refractivity contribution is 7.17. The first kappa shape index (κ1) is 20.2. The van der Waals surface area contributed by atoms with E-state index in [9.17, 15) is 14.7 Å². The Morgan fingerprint density at radius 2 is 1.97 bits per heavy atom. The number of amides is 1. The average Bonchev–Trinajstić information content (AvgIpc) is 3.66. The van der Waals surface area contributed by atoms with Gasteiger partial charge in [-0.3, -0.25) is 4.79 Å². The lowest BCUT2D eigenvalue weighted by Gasteiger charge is -2.22. The Bertz CT molecular complexity index is 1400. The van der Waals surface area contributed by atoms with Crippen molar-refractivity contribution in [3.8, 4) is 0 Å². The number of carboxylic acids is 1. The van der Waals surface area contributed by atoms with E-state index in [1.54, 1.807) is 18.3 Å². The topological polar surface area (TPSA) is 120 Å². The van der Waals surface area contributed by atoms with Gasteiger partial charge in [0.2, 0.25) is 0 Å². The zero-order valence-corrected chi connectivity index (χ0v) is 19.1. The van der Waals surface area contributed by atoms with Crippen molar-refractivity contribution >= 4 is 56.2 Å². The van der Waals surface area contributed by atoms with Crippen molar-refractivity contribution in [1.29, 1.82) is 0 Å². The third-order valence-corrected chi connectivity index (χ3v) is 7.42. The molecule has 2 aliphatic rings. The van der Waals surface area contributed by atoms with Crippen LogP contribution in [0.25, 0.3) is 22.1 Å². The van der Waals surface area contributed by atoms with Crippen LogP contribution in [0, 0.1) is 0 Å². The van der Waals surface area contributed by atoms with Crippen LogP contribution in [0.5, 0.6) is 0 Å². The number of anilines is 2. The Kier molecular flexibility index (Phi) is 4.44. The van der Waals surface area contributed by atoms with E-state index in [1.165, 1.54) is 6.20 Å². The lowest BCUT2D eigenvalue weighted by atomic mass is 10.2. The van der Waals surface area contributed by atoms with Crippen LogP contribution in [0.1, 0.15) is 52.8 Å². The largest absolute Gasteiger partial charge is 0.477 e. The van der Waals surface area contributed by atoms with Crippen LogP contribution in [0.15, 0.2) is 18.6 Å². The molecule has 6 rings (SSSR count). The number of rotatable bonds is 7. The maximum absolute atomic E-state index is 13.6. The lowest BCUT2D eigenvalue weighted by molar-refractivity contribution is 0.0697. The predicted molar refractivity (Wildman–Crippen MR) is 124 cm³/mol. The van der Waals surface area contributed by atoms with E-state index >= 15 is 0 Å². The summed E-state index contributed by atoms with van der Waals surface area (Å²) in [6, 6.07) is 2.65. The number of imidazole rings is 1. The second kappa shape index (κ2) is 7.27. The zero-order chi connectivity index (χ0) is 22.9. The van der Waals surface area contributed by atoms with E-state index in [0.717, 1.165) is 47.9 Å². The molecule has 0 aromatic carbocycles. The van der Waals surface area contributed by atoms with Gasteiger partial charge < -0.3 is 24.5 Å². The molecule has 0 spiro atoms. The first-order valence-electron chi connectivity index (χ1n) is 11.1. The van der Waals surface area contributed by atoms with E-state index in [-0.39, 0.29) is 10.8 Å². The molecule has 0 unspecified atom stereocenters. The number of H-pyrrole nitrogens is 1. The molecule has 1 amide bonds. The quantitative estimate of drug-likeness (QED) is 0.428. The van der Waals surface area contributed by atoms with Crippen LogP contribution in [-0.4, -0.2) is 65.5 Å². The van der Waals surface area contributed by atoms with E-state index in [0.29, 0.717) is 46.4 Å². The van der Waals surface area contributed by atoms with Crippen LogP contribution in [0.3, 0.4) is 0 Å². The fourth-order valence-corrected chi connectivity index (χ4v) is 5.19. The molecule has 0 saturated heterocycles. The van der Waals surface area contributed by atoms with Crippen LogP contribution in [0.4, 0.5) is 10.9 Å². The number of nitrogens with zero attached hydrogens (tertiary/aromatic N) is 6. The van der Waals surface area contributed by atoms with Gasteiger partial charge in [0.25, 0.3) is 5.91 Å². The second-order valence-corrected chi connectivity index (χ2v) is 9.63. The number of aryl methyl sites for hydroxylation is 1. The molecule has 4 aromatic heterocycles. The van der Waals surface area contributed by atoms with Crippen molar-refractivity contribution in [3.63, 3.8) is 0 Å². The summed E-state index contributed by atoms with van der Waals surface area (Å²) in [4.78, 5) is 45.8. The van der Waals surface area contributed by atoms with E-state index in [4.69, 9.17) is 4.98 Å². The third kappa shape index (κ3) is 3.17. The van der Waals surface area contributed by atoms with Crippen molar-refractivity contribution in [3.05, 3.63) is 29.2 Å². The highest BCUT2D eigenvalue weighted by Crippen LogP contribution is 2.40. The van der Waals surface area contributed by atoms with E-state index < -0.39 is 5.97 Å². The van der Waals surface area contributed by atoms with Crippen molar-refractivity contribution in [2.24, 2.45) is 0 Å². The smallest absolute Gasteiger partial charge is 0.347 e. The summed E-state index contributed by atoms with van der Waals surface area (Å²) in [6.07, 6.45) is 7.28. The van der Waals surface area contributed by atoms with E-state index in [2.05, 4.69) is 19.9 Å². The van der Waals surface area contributed by atoms with Gasteiger partial charge in [0, 0.05) is 31.1 Å². The SMILES string of the molecule is CCn1c(C(=O)N(C2CC2)C2CC2)cc2c3nc[nH]c3c(N(C)c3ncc(C(=O)O)s3)nc21. The third-order valence-electron chi connectivity index (χ3n) is 6.36. The van der Waals surface area contributed by atoms with Crippen molar-refractivity contribution in [2.45, 2.75) is 51.2 Å². The molecule has 170 valence electrons. The van der Waals surface area contributed by atoms with Gasteiger partial charge in [-0.05, 0) is 38.7 Å². The second-order valence-electron chi connectivity index (χ2n) is 8.62. The number of aromatic carboxylic acids is 1. The molecule has 2 N–H and O–H groups in total. The summed E-state index contributed by atoms with van der Waals surface area (Å²) in [5.74, 6) is -0.361. The molecule has 0 aliphatic heterocycles. The summed E-state index contributed by atoms with van der Waals surface area (Å²) in [6.45, 7) is 2.61. The number of carbonyl (C=O) groups excluding carboxylic acids is 1. The molecule has 4 aromatic rings. The van der Waals surface area contributed by atoms with Gasteiger partial charge in [-0.1, -0.05) is 11.3 Å². The molecule has 2 aliphatic carbocycles. The van der Waals surface area contributed by atoms with Crippen LogP contribution in [0.2, 0.25) is 0 Å². The molecule has 0 bridgehead atoms.